The van der Waals surface area contributed by atoms with Gasteiger partial charge >= 0.3 is 0 Å². The molecule has 22 heavy (non-hydrogen) atoms. The van der Waals surface area contributed by atoms with Gasteiger partial charge in [-0.05, 0) is 17.7 Å². The predicted molar refractivity (Wildman–Crippen MR) is 81.5 cm³/mol. The van der Waals surface area contributed by atoms with Gasteiger partial charge in [-0.3, -0.25) is 14.0 Å². The van der Waals surface area contributed by atoms with Crippen molar-refractivity contribution in [3.63, 3.8) is 0 Å². The Morgan fingerprint density at radius 3 is 3.05 bits per heavy atom. The molecule has 0 fully saturated rings. The zero-order valence-electron chi connectivity index (χ0n) is 11.7. The Kier molecular flexibility index (Phi) is 3.72. The molecule has 0 aliphatic carbocycles. The molecule has 2 aromatic heterocycles. The van der Waals surface area contributed by atoms with Crippen LogP contribution in [0, 0.1) is 5.82 Å². The molecule has 0 saturated heterocycles. The van der Waals surface area contributed by atoms with E-state index in [0.717, 1.165) is 0 Å². The van der Waals surface area contributed by atoms with Gasteiger partial charge in [-0.25, -0.2) is 9.37 Å². The molecule has 112 valence electrons. The van der Waals surface area contributed by atoms with Crippen molar-refractivity contribution in [1.29, 1.82) is 0 Å². The molecule has 3 aromatic rings. The van der Waals surface area contributed by atoms with E-state index < -0.39 is 11.5 Å². The summed E-state index contributed by atoms with van der Waals surface area (Å²) in [5.74, 6) is -0.804. The Bertz CT molecular complexity index is 903. The van der Waals surface area contributed by atoms with Gasteiger partial charge in [0.2, 0.25) is 0 Å². The molecule has 0 spiro atoms. The van der Waals surface area contributed by atoms with E-state index in [2.05, 4.69) is 4.98 Å². The van der Waals surface area contributed by atoms with E-state index in [-0.39, 0.29) is 17.9 Å². The number of carbonyl (C=O) groups is 1. The van der Waals surface area contributed by atoms with Crippen LogP contribution < -0.4 is 5.56 Å². The largest absolute Gasteiger partial charge is 0.337 e. The molecule has 0 N–H and O–H groups in total. The molecule has 0 atom stereocenters. The molecule has 0 bridgehead atoms. The Morgan fingerprint density at radius 2 is 2.27 bits per heavy atom. The third kappa shape index (κ3) is 2.62. The van der Waals surface area contributed by atoms with Gasteiger partial charge in [0.05, 0.1) is 0 Å². The molecule has 2 heterocycles. The number of aromatic nitrogens is 2. The summed E-state index contributed by atoms with van der Waals surface area (Å²) in [6.45, 7) is 0.211. The molecule has 0 aliphatic heterocycles. The van der Waals surface area contributed by atoms with E-state index in [9.17, 15) is 14.0 Å². The maximum Gasteiger partial charge on any atom is 0.271 e. The fourth-order valence-corrected chi connectivity index (χ4v) is 2.83. The number of thiazole rings is 1. The maximum atomic E-state index is 13.2. The first-order valence-electron chi connectivity index (χ1n) is 6.51. The van der Waals surface area contributed by atoms with E-state index in [0.29, 0.717) is 10.5 Å². The van der Waals surface area contributed by atoms with Crippen molar-refractivity contribution in [2.45, 2.75) is 6.54 Å². The summed E-state index contributed by atoms with van der Waals surface area (Å²) in [4.78, 5) is 30.7. The highest BCUT2D eigenvalue weighted by Gasteiger charge is 2.18. The van der Waals surface area contributed by atoms with Crippen LogP contribution in [0.4, 0.5) is 4.39 Å². The van der Waals surface area contributed by atoms with Crippen LogP contribution >= 0.6 is 11.3 Å². The minimum atomic E-state index is -0.442. The first kappa shape index (κ1) is 14.4. The molecule has 3 rings (SSSR count). The van der Waals surface area contributed by atoms with E-state index in [1.165, 1.54) is 39.0 Å². The summed E-state index contributed by atoms with van der Waals surface area (Å²) in [7, 11) is 1.56. The normalized spacial score (nSPS) is 10.8. The van der Waals surface area contributed by atoms with E-state index >= 15 is 0 Å². The number of nitrogens with zero attached hydrogens (tertiary/aromatic N) is 3. The summed E-state index contributed by atoms with van der Waals surface area (Å²) in [5, 5.41) is 1.73. The van der Waals surface area contributed by atoms with Crippen molar-refractivity contribution in [2.75, 3.05) is 7.05 Å². The second-order valence-corrected chi connectivity index (χ2v) is 5.70. The number of benzene rings is 1. The summed E-state index contributed by atoms with van der Waals surface area (Å²) in [6.07, 6.45) is 2.87. The van der Waals surface area contributed by atoms with Crippen LogP contribution in [0.15, 0.2) is 46.8 Å². The van der Waals surface area contributed by atoms with Crippen LogP contribution in [0.1, 0.15) is 15.9 Å². The molecule has 1 amide bonds. The molecule has 5 nitrogen and oxygen atoms in total. The third-order valence-corrected chi connectivity index (χ3v) is 4.00. The summed E-state index contributed by atoms with van der Waals surface area (Å²) in [5.41, 5.74) is 0.248. The van der Waals surface area contributed by atoms with Gasteiger partial charge in [-0.1, -0.05) is 12.1 Å². The summed E-state index contributed by atoms with van der Waals surface area (Å²) < 4.78 is 14.5. The average Bonchev–Trinajstić information content (AvgIpc) is 2.96. The van der Waals surface area contributed by atoms with Gasteiger partial charge in [0.15, 0.2) is 4.96 Å². The highest BCUT2D eigenvalue weighted by Crippen LogP contribution is 2.10. The van der Waals surface area contributed by atoms with Crippen LogP contribution in [0.3, 0.4) is 0 Å². The fourth-order valence-electron chi connectivity index (χ4n) is 2.16. The average molecular weight is 317 g/mol. The zero-order valence-corrected chi connectivity index (χ0v) is 12.5. The van der Waals surface area contributed by atoms with Crippen LogP contribution in [-0.2, 0) is 6.54 Å². The van der Waals surface area contributed by atoms with E-state index in [4.69, 9.17) is 0 Å². The van der Waals surface area contributed by atoms with Crippen molar-refractivity contribution in [3.05, 3.63) is 69.3 Å². The molecule has 0 aliphatic rings. The third-order valence-electron chi connectivity index (χ3n) is 3.23. The van der Waals surface area contributed by atoms with Crippen molar-refractivity contribution in [1.82, 2.24) is 14.3 Å². The van der Waals surface area contributed by atoms with Crippen molar-refractivity contribution < 1.29 is 9.18 Å². The highest BCUT2D eigenvalue weighted by atomic mass is 32.1. The van der Waals surface area contributed by atoms with Crippen LogP contribution in [0.2, 0.25) is 0 Å². The highest BCUT2D eigenvalue weighted by molar-refractivity contribution is 7.15. The predicted octanol–water partition coefficient (Wildman–Crippen LogP) is 2.17. The SMILES string of the molecule is CN(Cc1cccc(F)c1)C(=O)c1cnc2sccn2c1=O. The van der Waals surface area contributed by atoms with E-state index in [1.54, 1.807) is 30.8 Å². The Hall–Kier alpha value is -2.54. The number of amides is 1. The lowest BCUT2D eigenvalue weighted by Gasteiger charge is -2.16. The quantitative estimate of drug-likeness (QED) is 0.744. The van der Waals surface area contributed by atoms with Gasteiger partial charge in [0.1, 0.15) is 11.4 Å². The van der Waals surface area contributed by atoms with Gasteiger partial charge < -0.3 is 4.90 Å². The Morgan fingerprint density at radius 1 is 1.45 bits per heavy atom. The number of hydrogen-bond donors (Lipinski definition) is 0. The number of hydrogen-bond acceptors (Lipinski definition) is 4. The van der Waals surface area contributed by atoms with Gasteiger partial charge in [0.25, 0.3) is 11.5 Å². The van der Waals surface area contributed by atoms with Crippen molar-refractivity contribution >= 4 is 22.2 Å². The Labute approximate surface area is 129 Å². The molecule has 1 aromatic carbocycles. The second kappa shape index (κ2) is 5.69. The minimum absolute atomic E-state index is 0.00481. The van der Waals surface area contributed by atoms with Gasteiger partial charge in [-0.15, -0.1) is 11.3 Å². The van der Waals surface area contributed by atoms with Crippen LogP contribution in [0.5, 0.6) is 0 Å². The smallest absolute Gasteiger partial charge is 0.271 e. The first-order valence-corrected chi connectivity index (χ1v) is 7.39. The maximum absolute atomic E-state index is 13.2. The topological polar surface area (TPSA) is 54.7 Å². The molecule has 0 radical (unpaired) electrons. The molecule has 0 unspecified atom stereocenters. The molecule has 0 saturated carbocycles. The fraction of sp³-hybridized carbons (Fsp3) is 0.133. The minimum Gasteiger partial charge on any atom is -0.337 e. The van der Waals surface area contributed by atoms with Gasteiger partial charge in [0, 0.05) is 31.4 Å². The molecular formula is C15H12FN3O2S. The zero-order chi connectivity index (χ0) is 15.7. The lowest BCUT2D eigenvalue weighted by molar-refractivity contribution is 0.0782. The lowest BCUT2D eigenvalue weighted by atomic mass is 10.2. The number of carbonyl (C=O) groups excluding carboxylic acids is 1. The second-order valence-electron chi connectivity index (χ2n) is 4.82. The van der Waals surface area contributed by atoms with Crippen LogP contribution in [0.25, 0.3) is 4.96 Å². The van der Waals surface area contributed by atoms with Gasteiger partial charge in [-0.2, -0.15) is 0 Å². The van der Waals surface area contributed by atoms with E-state index in [1.807, 2.05) is 0 Å². The molecule has 7 heteroatoms. The monoisotopic (exact) mass is 317 g/mol. The summed E-state index contributed by atoms with van der Waals surface area (Å²) >= 11 is 1.32. The van der Waals surface area contributed by atoms with Crippen molar-refractivity contribution in [2.24, 2.45) is 0 Å². The van der Waals surface area contributed by atoms with Crippen molar-refractivity contribution in [3.8, 4) is 0 Å². The first-order chi connectivity index (χ1) is 10.6. The number of halogens is 1. The number of rotatable bonds is 3. The van der Waals surface area contributed by atoms with Crippen LogP contribution in [-0.4, -0.2) is 27.2 Å². The molecular weight excluding hydrogens is 305 g/mol. The number of fused-ring (bicyclic) bond motifs is 1. The summed E-state index contributed by atoms with van der Waals surface area (Å²) in [6, 6.07) is 6.00. The Balaban J connectivity index is 1.88. The standard InChI is InChI=1S/C15H12FN3O2S/c1-18(9-10-3-2-4-11(16)7-10)13(20)12-8-17-15-19(14(12)21)5-6-22-15/h2-8H,9H2,1H3. The lowest BCUT2D eigenvalue weighted by Crippen LogP contribution is -2.32.